The van der Waals surface area contributed by atoms with Crippen molar-refractivity contribution in [3.05, 3.63) is 78.9 Å². The largest absolute Gasteiger partial charge is 0.342 e. The van der Waals surface area contributed by atoms with Crippen molar-refractivity contribution in [2.75, 3.05) is 0 Å². The van der Waals surface area contributed by atoms with Crippen molar-refractivity contribution in [2.45, 2.75) is 33.1 Å². The fourth-order valence-corrected chi connectivity index (χ4v) is 3.40. The Kier molecular flexibility index (Phi) is 5.17. The number of aromatic nitrogens is 4. The topological polar surface area (TPSA) is 57.4 Å². The number of nitrogens with one attached hydrogen (secondary N) is 2. The molecule has 0 fully saturated rings. The van der Waals surface area contributed by atoms with Gasteiger partial charge in [0.1, 0.15) is 11.6 Å². The van der Waals surface area contributed by atoms with Crippen molar-refractivity contribution in [1.29, 1.82) is 0 Å². The van der Waals surface area contributed by atoms with Crippen LogP contribution < -0.4 is 0 Å². The lowest BCUT2D eigenvalue weighted by atomic mass is 10.0. The van der Waals surface area contributed by atoms with Crippen LogP contribution in [-0.4, -0.2) is 19.9 Å². The second kappa shape index (κ2) is 7.92. The first-order valence-electron chi connectivity index (χ1n) is 10.1. The van der Waals surface area contributed by atoms with E-state index in [9.17, 15) is 0 Å². The summed E-state index contributed by atoms with van der Waals surface area (Å²) < 4.78 is 0. The van der Waals surface area contributed by atoms with Gasteiger partial charge in [0.2, 0.25) is 0 Å². The van der Waals surface area contributed by atoms with E-state index in [1.54, 1.807) is 0 Å². The van der Waals surface area contributed by atoms with E-state index < -0.39 is 0 Å². The van der Waals surface area contributed by atoms with E-state index in [1.165, 1.54) is 0 Å². The normalized spacial score (nSPS) is 13.6. The lowest BCUT2D eigenvalue weighted by Gasteiger charge is -2.01. The maximum absolute atomic E-state index is 4.80. The van der Waals surface area contributed by atoms with Crippen molar-refractivity contribution < 1.29 is 0 Å². The third kappa shape index (κ3) is 3.66. The van der Waals surface area contributed by atoms with Gasteiger partial charge in [-0.2, -0.15) is 0 Å². The minimum atomic E-state index is 0.431. The van der Waals surface area contributed by atoms with Crippen LogP contribution in [0.25, 0.3) is 38.8 Å². The molecule has 0 aliphatic rings. The smallest absolute Gasteiger partial charge is 0.138 e. The molecule has 0 aliphatic heterocycles. The number of imidazole rings is 2. The van der Waals surface area contributed by atoms with Crippen LogP contribution in [0.3, 0.4) is 0 Å². The van der Waals surface area contributed by atoms with E-state index in [2.05, 4.69) is 66.8 Å². The van der Waals surface area contributed by atoms with Crippen LogP contribution in [0, 0.1) is 0 Å². The molecule has 4 aromatic rings. The Hall–Kier alpha value is -3.40. The van der Waals surface area contributed by atoms with Crippen LogP contribution in [-0.2, 0) is 0 Å². The van der Waals surface area contributed by atoms with Crippen molar-refractivity contribution >= 4 is 27.6 Å². The van der Waals surface area contributed by atoms with Gasteiger partial charge in [0.25, 0.3) is 0 Å². The van der Waals surface area contributed by atoms with E-state index in [0.717, 1.165) is 56.8 Å². The Morgan fingerprint density at radius 3 is 2.59 bits per heavy atom. The summed E-state index contributed by atoms with van der Waals surface area (Å²) in [5, 5.41) is 0. The Morgan fingerprint density at radius 1 is 1.03 bits per heavy atom. The van der Waals surface area contributed by atoms with E-state index in [4.69, 9.17) is 9.97 Å². The molecule has 0 radical (unpaired) electrons. The Bertz CT molecular complexity index is 1240. The highest BCUT2D eigenvalue weighted by molar-refractivity contribution is 5.88. The molecule has 0 saturated carbocycles. The number of aromatic amines is 2. The molecule has 1 atom stereocenters. The first-order valence-corrected chi connectivity index (χ1v) is 10.1. The molecule has 29 heavy (non-hydrogen) atoms. The molecular weight excluding hydrogens is 356 g/mol. The van der Waals surface area contributed by atoms with Gasteiger partial charge >= 0.3 is 0 Å². The molecule has 2 aromatic carbocycles. The first-order chi connectivity index (χ1) is 14.1. The van der Waals surface area contributed by atoms with Gasteiger partial charge in [-0.1, -0.05) is 56.9 Å². The van der Waals surface area contributed by atoms with Crippen molar-refractivity contribution in [2.24, 2.45) is 0 Å². The minimum Gasteiger partial charge on any atom is -0.342 e. The molecule has 0 aliphatic carbocycles. The van der Waals surface area contributed by atoms with Crippen LogP contribution in [0.5, 0.6) is 0 Å². The highest BCUT2D eigenvalue weighted by Crippen LogP contribution is 2.28. The number of hydrogen-bond donors (Lipinski definition) is 2. The van der Waals surface area contributed by atoms with Gasteiger partial charge < -0.3 is 9.97 Å². The van der Waals surface area contributed by atoms with Gasteiger partial charge in [0, 0.05) is 11.5 Å². The Morgan fingerprint density at radius 2 is 1.83 bits per heavy atom. The summed E-state index contributed by atoms with van der Waals surface area (Å²) in [5.41, 5.74) is 7.29. The third-order valence-corrected chi connectivity index (χ3v) is 5.36. The second-order valence-electron chi connectivity index (χ2n) is 7.33. The monoisotopic (exact) mass is 382 g/mol. The van der Waals surface area contributed by atoms with Gasteiger partial charge in [-0.05, 0) is 48.7 Å². The molecule has 2 N–H and O–H groups in total. The highest BCUT2D eigenvalue weighted by atomic mass is 14.9. The molecular formula is C25H26N4. The summed E-state index contributed by atoms with van der Waals surface area (Å²) in [6.45, 7) is 10.3. The molecule has 0 spiro atoms. The molecule has 4 rings (SSSR count). The predicted octanol–water partition coefficient (Wildman–Crippen LogP) is 6.77. The van der Waals surface area contributed by atoms with Gasteiger partial charge in [-0.25, -0.2) is 9.97 Å². The van der Waals surface area contributed by atoms with E-state index in [-0.39, 0.29) is 0 Å². The molecule has 0 saturated heterocycles. The summed E-state index contributed by atoms with van der Waals surface area (Å²) in [7, 11) is 0. The average Bonchev–Trinajstić information content (AvgIpc) is 3.36. The number of H-pyrrole nitrogens is 2. The number of benzene rings is 2. The average molecular weight is 383 g/mol. The first kappa shape index (κ1) is 18.9. The molecule has 146 valence electrons. The standard InChI is InChI=1S/C25H26N4/c1-5-8-9-17(7-3)25-27-21-13-11-19(15-23(21)29-25)18-10-12-20-22(14-18)28-24(26-20)16(4)6-2/h5,7-16H,3,6H2,1-2,4H3,(H,26,28)(H,27,29)/b8-5-,17-9+. The zero-order valence-electron chi connectivity index (χ0n) is 17.2. The van der Waals surface area contributed by atoms with Crippen molar-refractivity contribution in [1.82, 2.24) is 19.9 Å². The maximum atomic E-state index is 4.80. The SMILES string of the molecule is C=C/C(=C\C=C/C)c1nc2ccc(-c3ccc4[nH]c(C(C)CC)nc4c3)cc2[nH]1. The quantitative estimate of drug-likeness (QED) is 0.362. The van der Waals surface area contributed by atoms with Gasteiger partial charge in [0.05, 0.1) is 22.1 Å². The summed E-state index contributed by atoms with van der Waals surface area (Å²) in [6.07, 6.45) is 8.87. The van der Waals surface area contributed by atoms with E-state index >= 15 is 0 Å². The summed E-state index contributed by atoms with van der Waals surface area (Å²) >= 11 is 0. The zero-order chi connectivity index (χ0) is 20.4. The Labute approximate surface area is 171 Å². The van der Waals surface area contributed by atoms with Crippen molar-refractivity contribution in [3.8, 4) is 11.1 Å². The Balaban J connectivity index is 1.73. The highest BCUT2D eigenvalue weighted by Gasteiger charge is 2.11. The van der Waals surface area contributed by atoms with Crippen LogP contribution in [0.15, 0.2) is 67.3 Å². The number of nitrogens with zero attached hydrogens (tertiary/aromatic N) is 2. The maximum Gasteiger partial charge on any atom is 0.138 e. The summed E-state index contributed by atoms with van der Waals surface area (Å²) in [6, 6.07) is 12.7. The minimum absolute atomic E-state index is 0.431. The van der Waals surface area contributed by atoms with Crippen LogP contribution in [0.1, 0.15) is 44.8 Å². The predicted molar refractivity (Wildman–Crippen MR) is 123 cm³/mol. The van der Waals surface area contributed by atoms with Crippen molar-refractivity contribution in [3.63, 3.8) is 0 Å². The third-order valence-electron chi connectivity index (χ3n) is 5.36. The van der Waals surface area contributed by atoms with Crippen LogP contribution >= 0.6 is 0 Å². The van der Waals surface area contributed by atoms with Gasteiger partial charge in [-0.3, -0.25) is 0 Å². The molecule has 1 unspecified atom stereocenters. The summed E-state index contributed by atoms with van der Waals surface area (Å²) in [4.78, 5) is 16.4. The van der Waals surface area contributed by atoms with Gasteiger partial charge in [0.15, 0.2) is 0 Å². The number of fused-ring (bicyclic) bond motifs is 2. The lowest BCUT2D eigenvalue weighted by molar-refractivity contribution is 0.692. The fraction of sp³-hybridized carbons (Fsp3) is 0.200. The number of allylic oxidation sites excluding steroid dienone is 5. The van der Waals surface area contributed by atoms with E-state index in [1.807, 2.05) is 31.2 Å². The molecule has 2 heterocycles. The van der Waals surface area contributed by atoms with E-state index in [0.29, 0.717) is 5.92 Å². The molecule has 2 aromatic heterocycles. The fourth-order valence-electron chi connectivity index (χ4n) is 3.40. The zero-order valence-corrected chi connectivity index (χ0v) is 17.2. The molecule has 4 nitrogen and oxygen atoms in total. The molecule has 0 amide bonds. The lowest BCUT2D eigenvalue weighted by Crippen LogP contribution is -1.92. The summed E-state index contributed by atoms with van der Waals surface area (Å²) in [5.74, 6) is 2.31. The van der Waals surface area contributed by atoms with Gasteiger partial charge in [-0.15, -0.1) is 0 Å². The number of hydrogen-bond acceptors (Lipinski definition) is 2. The molecule has 0 bridgehead atoms. The van der Waals surface area contributed by atoms with Crippen LogP contribution in [0.2, 0.25) is 0 Å². The molecule has 4 heteroatoms. The second-order valence-corrected chi connectivity index (χ2v) is 7.33. The van der Waals surface area contributed by atoms with Crippen LogP contribution in [0.4, 0.5) is 0 Å². The number of rotatable bonds is 6.